The van der Waals surface area contributed by atoms with Gasteiger partial charge in [0, 0.05) is 0 Å². The number of hydrogen-bond donors (Lipinski definition) is 0. The van der Waals surface area contributed by atoms with Crippen LogP contribution in [0.4, 0.5) is 0 Å². The van der Waals surface area contributed by atoms with Gasteiger partial charge in [-0.15, -0.1) is 0 Å². The molecule has 1 nitrogen and oxygen atoms in total. The van der Waals surface area contributed by atoms with Crippen LogP contribution in [0.15, 0.2) is 30.3 Å². The lowest BCUT2D eigenvalue weighted by Crippen LogP contribution is -1.82. The maximum Gasteiger partial charge on any atom is 0.118 e. The zero-order valence-electron chi connectivity index (χ0n) is 14.7. The Kier molecular flexibility index (Phi) is 11.5. The van der Waals surface area contributed by atoms with E-state index < -0.39 is 0 Å². The number of hydrogen-bond acceptors (Lipinski definition) is 1. The Hall–Kier alpha value is -1.24. The lowest BCUT2D eigenvalue weighted by atomic mass is 10.1. The Labute approximate surface area is 137 Å². The topological polar surface area (TPSA) is 9.23 Å². The van der Waals surface area contributed by atoms with Crippen molar-refractivity contribution < 1.29 is 4.74 Å². The Morgan fingerprint density at radius 2 is 1.32 bits per heavy atom. The Morgan fingerprint density at radius 1 is 0.773 bits per heavy atom. The van der Waals surface area contributed by atoms with Crippen LogP contribution < -0.4 is 4.74 Å². The van der Waals surface area contributed by atoms with E-state index in [1.165, 1.54) is 76.2 Å². The van der Waals surface area contributed by atoms with Crippen molar-refractivity contribution in [2.24, 2.45) is 0 Å². The first-order chi connectivity index (χ1) is 10.9. The molecule has 0 fully saturated rings. The van der Waals surface area contributed by atoms with E-state index in [9.17, 15) is 0 Å². The highest BCUT2D eigenvalue weighted by Crippen LogP contribution is 2.14. The highest BCUT2D eigenvalue weighted by molar-refractivity contribution is 5.50. The van der Waals surface area contributed by atoms with Crippen molar-refractivity contribution in [2.45, 2.75) is 77.6 Å². The molecular weight excluding hydrogens is 268 g/mol. The summed E-state index contributed by atoms with van der Waals surface area (Å²) in [5.74, 6) is 0.923. The minimum Gasteiger partial charge on any atom is -0.497 e. The van der Waals surface area contributed by atoms with Crippen LogP contribution in [-0.4, -0.2) is 7.11 Å². The van der Waals surface area contributed by atoms with Gasteiger partial charge in [-0.05, 0) is 30.5 Å². The van der Waals surface area contributed by atoms with E-state index in [2.05, 4.69) is 31.2 Å². The van der Waals surface area contributed by atoms with Crippen LogP contribution in [0, 0.1) is 0 Å². The molecule has 124 valence electrons. The number of allylic oxidation sites excluding steroid dienone is 1. The summed E-state index contributed by atoms with van der Waals surface area (Å²) < 4.78 is 5.16. The van der Waals surface area contributed by atoms with Crippen LogP contribution in [0.2, 0.25) is 0 Å². The van der Waals surface area contributed by atoms with Gasteiger partial charge in [-0.2, -0.15) is 0 Å². The second kappa shape index (κ2) is 13.4. The number of ether oxygens (including phenoxy) is 1. The van der Waals surface area contributed by atoms with Gasteiger partial charge in [-0.25, -0.2) is 0 Å². The van der Waals surface area contributed by atoms with Crippen LogP contribution in [0.25, 0.3) is 6.08 Å². The van der Waals surface area contributed by atoms with Gasteiger partial charge in [0.1, 0.15) is 5.75 Å². The lowest BCUT2D eigenvalue weighted by Gasteiger charge is -2.01. The van der Waals surface area contributed by atoms with Crippen molar-refractivity contribution in [2.75, 3.05) is 7.11 Å². The second-order valence-electron chi connectivity index (χ2n) is 6.15. The summed E-state index contributed by atoms with van der Waals surface area (Å²) in [4.78, 5) is 0. The molecule has 0 unspecified atom stereocenters. The van der Waals surface area contributed by atoms with Gasteiger partial charge in [0.25, 0.3) is 0 Å². The van der Waals surface area contributed by atoms with E-state index in [0.717, 1.165) is 5.75 Å². The number of methoxy groups -OCH3 is 1. The molecule has 0 aliphatic carbocycles. The normalized spacial score (nSPS) is 11.2. The van der Waals surface area contributed by atoms with Gasteiger partial charge in [0.05, 0.1) is 7.11 Å². The predicted molar refractivity (Wildman–Crippen MR) is 98.5 cm³/mol. The van der Waals surface area contributed by atoms with Crippen molar-refractivity contribution >= 4 is 6.08 Å². The van der Waals surface area contributed by atoms with Gasteiger partial charge in [0.15, 0.2) is 0 Å². The van der Waals surface area contributed by atoms with Gasteiger partial charge >= 0.3 is 0 Å². The average molecular weight is 303 g/mol. The molecule has 0 radical (unpaired) electrons. The number of rotatable bonds is 13. The molecule has 1 rings (SSSR count). The SMILES string of the molecule is CCCCCCCCCCCC/C=C/c1ccc(OC)cc1. The summed E-state index contributed by atoms with van der Waals surface area (Å²) in [6, 6.07) is 8.24. The summed E-state index contributed by atoms with van der Waals surface area (Å²) in [6.07, 6.45) is 19.8. The molecule has 0 saturated carbocycles. The summed E-state index contributed by atoms with van der Waals surface area (Å²) in [7, 11) is 1.70. The van der Waals surface area contributed by atoms with E-state index >= 15 is 0 Å². The molecule has 0 heterocycles. The molecular formula is C21H34O. The van der Waals surface area contributed by atoms with Crippen LogP contribution in [0.3, 0.4) is 0 Å². The highest BCUT2D eigenvalue weighted by Gasteiger charge is 1.92. The van der Waals surface area contributed by atoms with Gasteiger partial charge < -0.3 is 4.74 Å². The molecule has 0 aliphatic heterocycles. The first kappa shape index (κ1) is 18.8. The molecule has 0 amide bonds. The highest BCUT2D eigenvalue weighted by atomic mass is 16.5. The maximum atomic E-state index is 5.16. The zero-order chi connectivity index (χ0) is 15.9. The third kappa shape index (κ3) is 9.65. The molecule has 0 aliphatic rings. The number of benzene rings is 1. The minimum absolute atomic E-state index is 0.923. The van der Waals surface area contributed by atoms with Crippen molar-refractivity contribution in [3.05, 3.63) is 35.9 Å². The second-order valence-corrected chi connectivity index (χ2v) is 6.15. The fourth-order valence-electron chi connectivity index (χ4n) is 2.68. The van der Waals surface area contributed by atoms with Gasteiger partial charge in [0.2, 0.25) is 0 Å². The third-order valence-electron chi connectivity index (χ3n) is 4.15. The van der Waals surface area contributed by atoms with E-state index in [4.69, 9.17) is 4.74 Å². The van der Waals surface area contributed by atoms with Crippen molar-refractivity contribution in [3.63, 3.8) is 0 Å². The van der Waals surface area contributed by atoms with Crippen molar-refractivity contribution in [3.8, 4) is 5.75 Å². The minimum atomic E-state index is 0.923. The first-order valence-electron chi connectivity index (χ1n) is 9.17. The largest absolute Gasteiger partial charge is 0.497 e. The van der Waals surface area contributed by atoms with Crippen LogP contribution in [0.5, 0.6) is 5.75 Å². The van der Waals surface area contributed by atoms with E-state index in [1.54, 1.807) is 7.11 Å². The smallest absolute Gasteiger partial charge is 0.118 e. The molecule has 0 N–H and O–H groups in total. The number of unbranched alkanes of at least 4 members (excludes halogenated alkanes) is 10. The van der Waals surface area contributed by atoms with E-state index in [-0.39, 0.29) is 0 Å². The monoisotopic (exact) mass is 302 g/mol. The molecule has 0 aromatic heterocycles. The predicted octanol–water partition coefficient (Wildman–Crippen LogP) is 7.02. The molecule has 1 aromatic rings. The summed E-state index contributed by atoms with van der Waals surface area (Å²) >= 11 is 0. The average Bonchev–Trinajstić information content (AvgIpc) is 2.56. The third-order valence-corrected chi connectivity index (χ3v) is 4.15. The maximum absolute atomic E-state index is 5.16. The fraction of sp³-hybridized carbons (Fsp3) is 0.619. The van der Waals surface area contributed by atoms with Gasteiger partial charge in [-0.1, -0.05) is 89.0 Å². The van der Waals surface area contributed by atoms with Crippen LogP contribution >= 0.6 is 0 Å². The standard InChI is InChI=1S/C21H34O/c1-3-4-5-6-7-8-9-10-11-12-13-14-15-20-16-18-21(22-2)19-17-20/h14-19H,3-13H2,1-2H3/b15-14+. The summed E-state index contributed by atoms with van der Waals surface area (Å²) in [6.45, 7) is 2.28. The Morgan fingerprint density at radius 3 is 1.86 bits per heavy atom. The van der Waals surface area contributed by atoms with Crippen LogP contribution in [-0.2, 0) is 0 Å². The Bertz CT molecular complexity index is 377. The molecule has 0 saturated heterocycles. The molecule has 1 aromatic carbocycles. The van der Waals surface area contributed by atoms with Gasteiger partial charge in [-0.3, -0.25) is 0 Å². The lowest BCUT2D eigenvalue weighted by molar-refractivity contribution is 0.415. The van der Waals surface area contributed by atoms with E-state index in [1.807, 2.05) is 12.1 Å². The zero-order valence-corrected chi connectivity index (χ0v) is 14.7. The molecule has 0 atom stereocenters. The Balaban J connectivity index is 1.93. The fourth-order valence-corrected chi connectivity index (χ4v) is 2.68. The van der Waals surface area contributed by atoms with E-state index in [0.29, 0.717) is 0 Å². The molecule has 1 heteroatoms. The van der Waals surface area contributed by atoms with Crippen molar-refractivity contribution in [1.82, 2.24) is 0 Å². The molecule has 0 bridgehead atoms. The van der Waals surface area contributed by atoms with Crippen molar-refractivity contribution in [1.29, 1.82) is 0 Å². The summed E-state index contributed by atoms with van der Waals surface area (Å²) in [5, 5.41) is 0. The first-order valence-corrected chi connectivity index (χ1v) is 9.17. The quantitative estimate of drug-likeness (QED) is 0.356. The summed E-state index contributed by atoms with van der Waals surface area (Å²) in [5.41, 5.74) is 1.26. The molecule has 0 spiro atoms. The molecule has 22 heavy (non-hydrogen) atoms. The van der Waals surface area contributed by atoms with Crippen LogP contribution in [0.1, 0.15) is 83.1 Å².